The molecule has 1 rings (SSSR count). The van der Waals surface area contributed by atoms with E-state index in [1.54, 1.807) is 18.2 Å². The van der Waals surface area contributed by atoms with Gasteiger partial charge in [0.25, 0.3) is 0 Å². The standard InChI is InChI=1S/C8H11BO4/c1-6-4-8(13-9(11)12)3-2-7(6)5-10/h2-4,10-12H,5H2,1H3. The summed E-state index contributed by atoms with van der Waals surface area (Å²) in [6, 6.07) is 4.87. The fraction of sp³-hybridized carbons (Fsp3) is 0.250. The zero-order chi connectivity index (χ0) is 9.84. The molecule has 13 heavy (non-hydrogen) atoms. The van der Waals surface area contributed by atoms with E-state index in [1.165, 1.54) is 0 Å². The molecule has 0 radical (unpaired) electrons. The SMILES string of the molecule is Cc1cc(OB(O)O)ccc1CO. The van der Waals surface area contributed by atoms with Crippen LogP contribution in [0.5, 0.6) is 5.75 Å². The van der Waals surface area contributed by atoms with Crippen LogP contribution in [0.2, 0.25) is 0 Å². The molecule has 0 aliphatic carbocycles. The Kier molecular flexibility index (Phi) is 3.30. The van der Waals surface area contributed by atoms with Gasteiger partial charge in [-0.25, -0.2) is 0 Å². The summed E-state index contributed by atoms with van der Waals surface area (Å²) in [5.74, 6) is 0.365. The Hall–Kier alpha value is -1.04. The molecule has 70 valence electrons. The minimum atomic E-state index is -1.81. The van der Waals surface area contributed by atoms with Gasteiger partial charge in [-0.1, -0.05) is 6.07 Å². The van der Waals surface area contributed by atoms with E-state index < -0.39 is 7.32 Å². The number of hydrogen-bond acceptors (Lipinski definition) is 4. The van der Waals surface area contributed by atoms with Crippen molar-refractivity contribution in [1.29, 1.82) is 0 Å². The molecule has 1 aromatic rings. The van der Waals surface area contributed by atoms with Gasteiger partial charge in [-0.15, -0.1) is 0 Å². The fourth-order valence-electron chi connectivity index (χ4n) is 1.04. The molecule has 0 aromatic heterocycles. The number of aliphatic hydroxyl groups is 1. The smallest absolute Gasteiger partial charge is 0.512 e. The molecule has 0 amide bonds. The van der Waals surface area contributed by atoms with Gasteiger partial charge in [0, 0.05) is 0 Å². The minimum absolute atomic E-state index is 0.0339. The van der Waals surface area contributed by atoms with E-state index in [1.807, 2.05) is 6.92 Å². The van der Waals surface area contributed by atoms with Crippen LogP contribution < -0.4 is 4.65 Å². The van der Waals surface area contributed by atoms with Gasteiger partial charge in [-0.2, -0.15) is 0 Å². The van der Waals surface area contributed by atoms with Crippen molar-refractivity contribution in [3.63, 3.8) is 0 Å². The van der Waals surface area contributed by atoms with Crippen LogP contribution in [-0.2, 0) is 6.61 Å². The van der Waals surface area contributed by atoms with Crippen LogP contribution in [0.25, 0.3) is 0 Å². The summed E-state index contributed by atoms with van der Waals surface area (Å²) in [7, 11) is -1.81. The molecule has 5 heteroatoms. The maximum absolute atomic E-state index is 8.85. The van der Waals surface area contributed by atoms with Crippen molar-refractivity contribution in [3.05, 3.63) is 29.3 Å². The molecule has 0 fully saturated rings. The van der Waals surface area contributed by atoms with E-state index in [9.17, 15) is 0 Å². The van der Waals surface area contributed by atoms with Gasteiger partial charge in [-0.05, 0) is 30.2 Å². The molecule has 0 heterocycles. The fourth-order valence-corrected chi connectivity index (χ4v) is 1.04. The van der Waals surface area contributed by atoms with Crippen LogP contribution >= 0.6 is 0 Å². The van der Waals surface area contributed by atoms with Crippen LogP contribution in [0.4, 0.5) is 0 Å². The van der Waals surface area contributed by atoms with Gasteiger partial charge in [0.15, 0.2) is 0 Å². The lowest BCUT2D eigenvalue weighted by molar-refractivity contribution is 0.280. The van der Waals surface area contributed by atoms with Crippen molar-refractivity contribution in [3.8, 4) is 5.75 Å². The van der Waals surface area contributed by atoms with Gasteiger partial charge in [0.2, 0.25) is 0 Å². The summed E-state index contributed by atoms with van der Waals surface area (Å²) < 4.78 is 4.62. The largest absolute Gasteiger partial charge is 0.707 e. The quantitative estimate of drug-likeness (QED) is 0.567. The molecule has 0 saturated carbocycles. The van der Waals surface area contributed by atoms with Crippen LogP contribution in [0.15, 0.2) is 18.2 Å². The Morgan fingerprint density at radius 2 is 2.08 bits per heavy atom. The first-order valence-corrected chi connectivity index (χ1v) is 3.86. The molecule has 4 nitrogen and oxygen atoms in total. The normalized spacial score (nSPS) is 9.85. The summed E-state index contributed by atoms with van der Waals surface area (Å²) in [5.41, 5.74) is 1.64. The summed E-state index contributed by atoms with van der Waals surface area (Å²) in [6.45, 7) is 1.77. The number of hydrogen-bond donors (Lipinski definition) is 3. The van der Waals surface area contributed by atoms with Crippen molar-refractivity contribution in [2.75, 3.05) is 0 Å². The highest BCUT2D eigenvalue weighted by Gasteiger charge is 2.11. The Morgan fingerprint density at radius 1 is 1.38 bits per heavy atom. The number of aliphatic hydroxyl groups excluding tert-OH is 1. The highest BCUT2D eigenvalue weighted by molar-refractivity contribution is 6.33. The van der Waals surface area contributed by atoms with Gasteiger partial charge in [0.05, 0.1) is 6.61 Å². The Labute approximate surface area is 76.6 Å². The average molecular weight is 182 g/mol. The first kappa shape index (κ1) is 10.0. The van der Waals surface area contributed by atoms with E-state index in [-0.39, 0.29) is 6.61 Å². The maximum Gasteiger partial charge on any atom is 0.707 e. The van der Waals surface area contributed by atoms with E-state index in [2.05, 4.69) is 4.65 Å². The van der Waals surface area contributed by atoms with E-state index >= 15 is 0 Å². The van der Waals surface area contributed by atoms with Crippen molar-refractivity contribution in [1.82, 2.24) is 0 Å². The van der Waals surface area contributed by atoms with Crippen molar-refractivity contribution in [2.45, 2.75) is 13.5 Å². The maximum atomic E-state index is 8.85. The second-order valence-corrected chi connectivity index (χ2v) is 2.69. The topological polar surface area (TPSA) is 69.9 Å². The molecule has 0 aliphatic rings. The molecule has 0 saturated heterocycles. The zero-order valence-corrected chi connectivity index (χ0v) is 7.27. The number of aryl methyl sites for hydroxylation is 1. The minimum Gasteiger partial charge on any atom is -0.512 e. The van der Waals surface area contributed by atoms with Gasteiger partial charge >= 0.3 is 7.32 Å². The molecule has 0 atom stereocenters. The second kappa shape index (κ2) is 4.27. The van der Waals surface area contributed by atoms with Gasteiger partial charge < -0.3 is 19.8 Å². The summed E-state index contributed by atoms with van der Waals surface area (Å²) in [5, 5.41) is 25.9. The highest BCUT2D eigenvalue weighted by Crippen LogP contribution is 2.17. The lowest BCUT2D eigenvalue weighted by Crippen LogP contribution is -2.20. The van der Waals surface area contributed by atoms with Crippen molar-refractivity contribution in [2.24, 2.45) is 0 Å². The monoisotopic (exact) mass is 182 g/mol. The first-order chi connectivity index (χ1) is 6.13. The lowest BCUT2D eigenvalue weighted by Gasteiger charge is -2.07. The van der Waals surface area contributed by atoms with Gasteiger partial charge in [0.1, 0.15) is 5.75 Å². The first-order valence-electron chi connectivity index (χ1n) is 3.86. The zero-order valence-electron chi connectivity index (χ0n) is 7.27. The van der Waals surface area contributed by atoms with Crippen LogP contribution in [0.1, 0.15) is 11.1 Å². The molecule has 1 aromatic carbocycles. The summed E-state index contributed by atoms with van der Waals surface area (Å²) in [6.07, 6.45) is 0. The highest BCUT2D eigenvalue weighted by atomic mass is 16.6. The van der Waals surface area contributed by atoms with Crippen LogP contribution in [-0.4, -0.2) is 22.5 Å². The van der Waals surface area contributed by atoms with Crippen molar-refractivity contribution >= 4 is 7.32 Å². The van der Waals surface area contributed by atoms with Crippen LogP contribution in [0, 0.1) is 6.92 Å². The number of rotatable bonds is 3. The number of benzene rings is 1. The van der Waals surface area contributed by atoms with E-state index in [0.29, 0.717) is 5.75 Å². The molecule has 0 spiro atoms. The van der Waals surface area contributed by atoms with E-state index in [0.717, 1.165) is 11.1 Å². The molecule has 0 aliphatic heterocycles. The molecule has 0 bridgehead atoms. The molecular weight excluding hydrogens is 171 g/mol. The molecular formula is C8H11BO4. The third-order valence-corrected chi connectivity index (χ3v) is 1.73. The van der Waals surface area contributed by atoms with Crippen molar-refractivity contribution < 1.29 is 19.8 Å². The summed E-state index contributed by atoms with van der Waals surface area (Å²) >= 11 is 0. The predicted molar refractivity (Wildman–Crippen MR) is 47.9 cm³/mol. The lowest BCUT2D eigenvalue weighted by atomic mass is 10.1. The third-order valence-electron chi connectivity index (χ3n) is 1.73. The second-order valence-electron chi connectivity index (χ2n) is 2.69. The molecule has 3 N–H and O–H groups in total. The Morgan fingerprint density at radius 3 is 2.54 bits per heavy atom. The average Bonchev–Trinajstić information content (AvgIpc) is 2.03. The van der Waals surface area contributed by atoms with Gasteiger partial charge in [-0.3, -0.25) is 0 Å². The third kappa shape index (κ3) is 2.73. The van der Waals surface area contributed by atoms with E-state index in [4.69, 9.17) is 15.2 Å². The molecule has 0 unspecified atom stereocenters. The Bertz CT molecular complexity index is 287. The van der Waals surface area contributed by atoms with Crippen LogP contribution in [0.3, 0.4) is 0 Å². The summed E-state index contributed by atoms with van der Waals surface area (Å²) in [4.78, 5) is 0. The predicted octanol–water partition coefficient (Wildman–Crippen LogP) is -0.164. The Balaban J connectivity index is 2.83.